The second-order valence-corrected chi connectivity index (χ2v) is 8.52. The first-order valence-electron chi connectivity index (χ1n) is 10.9. The SMILES string of the molecule is CCCNC(=O)[C@H](C)N(Cc1cccc(OC)c1)C(=O)COc1ccc2ccccc2c1Br. The molecule has 2 amide bonds. The molecule has 0 bridgehead atoms. The molecule has 0 fully saturated rings. The molecule has 1 atom stereocenters. The Bertz CT molecular complexity index is 1120. The van der Waals surface area contributed by atoms with Gasteiger partial charge in [0.25, 0.3) is 5.91 Å². The molecule has 0 aliphatic carbocycles. The average Bonchev–Trinajstić information content (AvgIpc) is 2.85. The van der Waals surface area contributed by atoms with Gasteiger partial charge in [-0.25, -0.2) is 0 Å². The van der Waals surface area contributed by atoms with Crippen LogP contribution in [0.3, 0.4) is 0 Å². The third kappa shape index (κ3) is 6.26. The molecular weight excluding hydrogens is 484 g/mol. The lowest BCUT2D eigenvalue weighted by atomic mass is 10.1. The van der Waals surface area contributed by atoms with Crippen LogP contribution in [0, 0.1) is 0 Å². The highest BCUT2D eigenvalue weighted by Crippen LogP contribution is 2.33. The van der Waals surface area contributed by atoms with Crippen LogP contribution in [-0.2, 0) is 16.1 Å². The van der Waals surface area contributed by atoms with E-state index in [0.29, 0.717) is 18.0 Å². The fourth-order valence-electron chi connectivity index (χ4n) is 3.49. The van der Waals surface area contributed by atoms with Crippen LogP contribution in [0.25, 0.3) is 10.8 Å². The van der Waals surface area contributed by atoms with Crippen molar-refractivity contribution < 1.29 is 19.1 Å². The molecule has 33 heavy (non-hydrogen) atoms. The predicted molar refractivity (Wildman–Crippen MR) is 133 cm³/mol. The summed E-state index contributed by atoms with van der Waals surface area (Å²) in [6.07, 6.45) is 0.821. The van der Waals surface area contributed by atoms with Crippen LogP contribution in [0.4, 0.5) is 0 Å². The van der Waals surface area contributed by atoms with E-state index in [1.54, 1.807) is 14.0 Å². The van der Waals surface area contributed by atoms with E-state index >= 15 is 0 Å². The fraction of sp³-hybridized carbons (Fsp3) is 0.308. The van der Waals surface area contributed by atoms with Gasteiger partial charge in [-0.05, 0) is 63.8 Å². The molecule has 0 aliphatic rings. The van der Waals surface area contributed by atoms with Gasteiger partial charge in [-0.15, -0.1) is 0 Å². The Morgan fingerprint density at radius 1 is 1.09 bits per heavy atom. The molecule has 3 aromatic carbocycles. The molecule has 3 aromatic rings. The van der Waals surface area contributed by atoms with E-state index in [0.717, 1.165) is 27.2 Å². The third-order valence-electron chi connectivity index (χ3n) is 5.38. The van der Waals surface area contributed by atoms with E-state index in [9.17, 15) is 9.59 Å². The van der Waals surface area contributed by atoms with Crippen molar-refractivity contribution in [1.82, 2.24) is 10.2 Å². The van der Waals surface area contributed by atoms with E-state index in [1.807, 2.05) is 67.6 Å². The minimum absolute atomic E-state index is 0.188. The number of rotatable bonds is 10. The largest absolute Gasteiger partial charge is 0.497 e. The highest BCUT2D eigenvalue weighted by molar-refractivity contribution is 9.10. The molecule has 0 saturated carbocycles. The first-order valence-corrected chi connectivity index (χ1v) is 11.7. The number of carbonyl (C=O) groups excluding carboxylic acids is 2. The van der Waals surface area contributed by atoms with E-state index in [1.165, 1.54) is 4.90 Å². The highest BCUT2D eigenvalue weighted by atomic mass is 79.9. The van der Waals surface area contributed by atoms with Gasteiger partial charge in [-0.2, -0.15) is 0 Å². The predicted octanol–water partition coefficient (Wildman–Crippen LogP) is 4.93. The number of carbonyl (C=O) groups is 2. The summed E-state index contributed by atoms with van der Waals surface area (Å²) in [7, 11) is 1.60. The van der Waals surface area contributed by atoms with Crippen LogP contribution in [-0.4, -0.2) is 43.0 Å². The molecule has 0 spiro atoms. The van der Waals surface area contributed by atoms with E-state index < -0.39 is 6.04 Å². The van der Waals surface area contributed by atoms with Gasteiger partial charge in [0.1, 0.15) is 17.5 Å². The summed E-state index contributed by atoms with van der Waals surface area (Å²) in [5.41, 5.74) is 0.865. The standard InChI is InChI=1S/C26H29BrN2O4/c1-4-14-28-26(31)18(2)29(16-19-8-7-10-21(15-19)32-3)24(30)17-33-23-13-12-20-9-5-6-11-22(20)25(23)27/h5-13,15,18H,4,14,16-17H2,1-3H3,(H,28,31)/t18-/m0/s1. The number of nitrogens with zero attached hydrogens (tertiary/aromatic N) is 1. The van der Waals surface area contributed by atoms with Gasteiger partial charge in [-0.1, -0.05) is 49.4 Å². The molecule has 0 radical (unpaired) electrons. The maximum atomic E-state index is 13.2. The highest BCUT2D eigenvalue weighted by Gasteiger charge is 2.26. The maximum absolute atomic E-state index is 13.2. The zero-order chi connectivity index (χ0) is 23.8. The molecule has 0 saturated heterocycles. The molecule has 0 heterocycles. The Hall–Kier alpha value is -3.06. The summed E-state index contributed by atoms with van der Waals surface area (Å²) < 4.78 is 12.0. The number of benzene rings is 3. The van der Waals surface area contributed by atoms with Crippen LogP contribution in [0.15, 0.2) is 65.1 Å². The second kappa shape index (κ2) is 11.7. The van der Waals surface area contributed by atoms with Crippen molar-refractivity contribution in [2.75, 3.05) is 20.3 Å². The Morgan fingerprint density at radius 2 is 1.88 bits per heavy atom. The number of methoxy groups -OCH3 is 1. The average molecular weight is 513 g/mol. The van der Waals surface area contributed by atoms with Gasteiger partial charge < -0.3 is 19.7 Å². The minimum Gasteiger partial charge on any atom is -0.497 e. The number of nitrogens with one attached hydrogen (secondary N) is 1. The molecule has 6 nitrogen and oxygen atoms in total. The molecule has 174 valence electrons. The Morgan fingerprint density at radius 3 is 2.64 bits per heavy atom. The first-order chi connectivity index (χ1) is 15.9. The lowest BCUT2D eigenvalue weighted by Gasteiger charge is -2.29. The smallest absolute Gasteiger partial charge is 0.261 e. The monoisotopic (exact) mass is 512 g/mol. The third-order valence-corrected chi connectivity index (χ3v) is 6.20. The Kier molecular flexibility index (Phi) is 8.72. The molecule has 3 rings (SSSR count). The van der Waals surface area contributed by atoms with Gasteiger partial charge in [0.15, 0.2) is 6.61 Å². The molecular formula is C26H29BrN2O4. The van der Waals surface area contributed by atoms with Gasteiger partial charge in [0.2, 0.25) is 5.91 Å². The quantitative estimate of drug-likeness (QED) is 0.418. The number of hydrogen-bond acceptors (Lipinski definition) is 4. The van der Waals surface area contributed by atoms with Crippen molar-refractivity contribution >= 4 is 38.5 Å². The summed E-state index contributed by atoms with van der Waals surface area (Å²) >= 11 is 3.59. The number of ether oxygens (including phenoxy) is 2. The second-order valence-electron chi connectivity index (χ2n) is 7.73. The Balaban J connectivity index is 1.79. The summed E-state index contributed by atoms with van der Waals surface area (Å²) in [5.74, 6) is 0.794. The molecule has 0 aliphatic heterocycles. The number of halogens is 1. The van der Waals surface area contributed by atoms with Gasteiger partial charge in [0.05, 0.1) is 11.6 Å². The summed E-state index contributed by atoms with van der Waals surface area (Å²) in [4.78, 5) is 27.4. The van der Waals surface area contributed by atoms with Crippen LogP contribution in [0.1, 0.15) is 25.8 Å². The van der Waals surface area contributed by atoms with Crippen LogP contribution in [0.5, 0.6) is 11.5 Å². The molecule has 0 aromatic heterocycles. The van der Waals surface area contributed by atoms with Crippen molar-refractivity contribution in [2.45, 2.75) is 32.9 Å². The topological polar surface area (TPSA) is 67.9 Å². The number of hydrogen-bond donors (Lipinski definition) is 1. The van der Waals surface area contributed by atoms with Crippen molar-refractivity contribution in [2.24, 2.45) is 0 Å². The van der Waals surface area contributed by atoms with E-state index in [2.05, 4.69) is 21.2 Å². The minimum atomic E-state index is -0.654. The summed E-state index contributed by atoms with van der Waals surface area (Å²) in [6.45, 7) is 4.35. The maximum Gasteiger partial charge on any atom is 0.261 e. The van der Waals surface area contributed by atoms with Crippen LogP contribution in [0.2, 0.25) is 0 Å². The molecule has 7 heteroatoms. The molecule has 1 N–H and O–H groups in total. The fourth-order valence-corrected chi connectivity index (χ4v) is 4.10. The van der Waals surface area contributed by atoms with Crippen molar-refractivity contribution in [1.29, 1.82) is 0 Å². The zero-order valence-electron chi connectivity index (χ0n) is 19.1. The molecule has 0 unspecified atom stereocenters. The van der Waals surface area contributed by atoms with Crippen LogP contribution < -0.4 is 14.8 Å². The number of amides is 2. The van der Waals surface area contributed by atoms with Crippen molar-refractivity contribution in [3.8, 4) is 11.5 Å². The lowest BCUT2D eigenvalue weighted by molar-refractivity contribution is -0.142. The lowest BCUT2D eigenvalue weighted by Crippen LogP contribution is -2.49. The van der Waals surface area contributed by atoms with Crippen molar-refractivity contribution in [3.05, 3.63) is 70.7 Å². The van der Waals surface area contributed by atoms with Crippen molar-refractivity contribution in [3.63, 3.8) is 0 Å². The van der Waals surface area contributed by atoms with Gasteiger partial charge >= 0.3 is 0 Å². The van der Waals surface area contributed by atoms with E-state index in [4.69, 9.17) is 9.47 Å². The van der Waals surface area contributed by atoms with Crippen LogP contribution >= 0.6 is 15.9 Å². The summed E-state index contributed by atoms with van der Waals surface area (Å²) in [5, 5.41) is 4.95. The van der Waals surface area contributed by atoms with E-state index in [-0.39, 0.29) is 25.0 Å². The van der Waals surface area contributed by atoms with Gasteiger partial charge in [-0.3, -0.25) is 9.59 Å². The Labute approximate surface area is 203 Å². The van der Waals surface area contributed by atoms with Gasteiger partial charge in [0, 0.05) is 13.1 Å². The normalized spacial score (nSPS) is 11.6. The first kappa shape index (κ1) is 24.6. The summed E-state index contributed by atoms with van der Waals surface area (Å²) in [6, 6.07) is 18.5. The zero-order valence-corrected chi connectivity index (χ0v) is 20.7. The number of fused-ring (bicyclic) bond motifs is 1.